The van der Waals surface area contributed by atoms with E-state index in [1.807, 2.05) is 24.3 Å². The van der Waals surface area contributed by atoms with Crippen LogP contribution in [0.25, 0.3) is 0 Å². The van der Waals surface area contributed by atoms with Gasteiger partial charge in [-0.3, -0.25) is 0 Å². The number of rotatable bonds is 3. The molecule has 1 saturated heterocycles. The molecule has 5 nitrogen and oxygen atoms in total. The van der Waals surface area contributed by atoms with Gasteiger partial charge in [-0.1, -0.05) is 50.6 Å². The van der Waals surface area contributed by atoms with Gasteiger partial charge >= 0.3 is 12.1 Å². The molecule has 234 valence electrons. The van der Waals surface area contributed by atoms with E-state index in [-0.39, 0.29) is 30.6 Å². The number of allylic oxidation sites excluding steroid dienone is 1. The van der Waals surface area contributed by atoms with Crippen molar-refractivity contribution < 1.29 is 41.6 Å². The van der Waals surface area contributed by atoms with Crippen LogP contribution in [-0.4, -0.2) is 52.5 Å². The second-order valence-corrected chi connectivity index (χ2v) is 14.6. The molecule has 0 radical (unpaired) electrons. The first-order valence-corrected chi connectivity index (χ1v) is 15.1. The average molecular weight is 600 g/mol. The van der Waals surface area contributed by atoms with Crippen LogP contribution in [0.1, 0.15) is 89.2 Å². The van der Waals surface area contributed by atoms with Crippen molar-refractivity contribution >= 4 is 0 Å². The number of halogens is 5. The monoisotopic (exact) mass is 599 g/mol. The number of benzene rings is 1. The fourth-order valence-electron chi connectivity index (χ4n) is 9.19. The highest BCUT2D eigenvalue weighted by Crippen LogP contribution is 2.71. The lowest BCUT2D eigenvalue weighted by molar-refractivity contribution is -0.362. The maximum atomic E-state index is 15.2. The number of hydrogen-bond donors (Lipinski definition) is 3. The van der Waals surface area contributed by atoms with Gasteiger partial charge in [0.05, 0.1) is 18.8 Å². The quantitative estimate of drug-likeness (QED) is 0.278. The Labute approximate surface area is 243 Å². The number of fused-ring (bicyclic) bond motifs is 4. The summed E-state index contributed by atoms with van der Waals surface area (Å²) >= 11 is 0. The van der Waals surface area contributed by atoms with E-state index in [2.05, 4.69) is 13.8 Å². The zero-order valence-corrected chi connectivity index (χ0v) is 24.5. The Hall–Kier alpha value is -1.59. The summed E-state index contributed by atoms with van der Waals surface area (Å²) in [6.45, 7) is 6.84. The van der Waals surface area contributed by atoms with Crippen LogP contribution in [0.5, 0.6) is 0 Å². The van der Waals surface area contributed by atoms with Crippen molar-refractivity contribution in [2.24, 2.45) is 28.4 Å². The fourth-order valence-corrected chi connectivity index (χ4v) is 9.19. The molecule has 4 fully saturated rings. The lowest BCUT2D eigenvalue weighted by Gasteiger charge is -2.59. The largest absolute Gasteiger partial charge is 0.456 e. The normalized spacial score (nSPS) is 39.5. The van der Waals surface area contributed by atoms with E-state index in [4.69, 9.17) is 15.2 Å². The van der Waals surface area contributed by atoms with E-state index in [1.54, 1.807) is 0 Å². The predicted octanol–water partition coefficient (Wildman–Crippen LogP) is 6.37. The van der Waals surface area contributed by atoms with Gasteiger partial charge in [0.1, 0.15) is 5.60 Å². The van der Waals surface area contributed by atoms with Crippen molar-refractivity contribution in [3.63, 3.8) is 0 Å². The van der Waals surface area contributed by atoms with Crippen LogP contribution in [0.4, 0.5) is 22.0 Å². The zero-order valence-electron chi connectivity index (χ0n) is 24.5. The first-order chi connectivity index (χ1) is 19.4. The summed E-state index contributed by atoms with van der Waals surface area (Å²) in [5.41, 5.74) is 2.89. The van der Waals surface area contributed by atoms with Crippen LogP contribution in [0, 0.1) is 22.7 Å². The topological polar surface area (TPSA) is 84.9 Å². The van der Waals surface area contributed by atoms with Crippen LogP contribution in [0.15, 0.2) is 35.4 Å². The molecule has 10 heteroatoms. The number of aliphatic hydroxyl groups is 2. The van der Waals surface area contributed by atoms with E-state index in [0.717, 1.165) is 22.3 Å². The van der Waals surface area contributed by atoms with Gasteiger partial charge in [-0.05, 0) is 67.1 Å². The third-order valence-electron chi connectivity index (χ3n) is 11.5. The summed E-state index contributed by atoms with van der Waals surface area (Å²) in [6.07, 6.45) is -4.55. The molecule has 1 heterocycles. The Morgan fingerprint density at radius 2 is 1.57 bits per heavy atom. The van der Waals surface area contributed by atoms with Gasteiger partial charge in [-0.25, -0.2) is 0 Å². The van der Waals surface area contributed by atoms with Gasteiger partial charge in [-0.2, -0.15) is 22.0 Å². The van der Waals surface area contributed by atoms with Crippen molar-refractivity contribution in [2.75, 3.05) is 13.2 Å². The lowest BCUT2D eigenvalue weighted by Crippen LogP contribution is -2.65. The molecule has 0 amide bonds. The minimum Gasteiger partial charge on any atom is -0.385 e. The molecule has 0 bridgehead atoms. The maximum absolute atomic E-state index is 15.2. The van der Waals surface area contributed by atoms with Crippen LogP contribution in [-0.2, 0) is 16.0 Å². The van der Waals surface area contributed by atoms with E-state index >= 15 is 8.78 Å². The van der Waals surface area contributed by atoms with Gasteiger partial charge in [0.2, 0.25) is 0 Å². The van der Waals surface area contributed by atoms with Gasteiger partial charge in [0.15, 0.2) is 5.79 Å². The first-order valence-electron chi connectivity index (χ1n) is 15.1. The Kier molecular flexibility index (Phi) is 6.85. The number of alkyl halides is 5. The Morgan fingerprint density at radius 1 is 0.929 bits per heavy atom. The lowest BCUT2D eigenvalue weighted by atomic mass is 9.49. The van der Waals surface area contributed by atoms with Crippen molar-refractivity contribution in [3.8, 4) is 0 Å². The molecular formula is C32H42F5NO4. The summed E-state index contributed by atoms with van der Waals surface area (Å²) in [4.78, 5) is 0. The van der Waals surface area contributed by atoms with Crippen LogP contribution in [0.2, 0.25) is 0 Å². The van der Waals surface area contributed by atoms with Crippen LogP contribution in [0.3, 0.4) is 0 Å². The summed E-state index contributed by atoms with van der Waals surface area (Å²) in [5.74, 6) is -7.64. The maximum Gasteiger partial charge on any atom is 0.456 e. The van der Waals surface area contributed by atoms with E-state index < -0.39 is 52.8 Å². The second-order valence-electron chi connectivity index (χ2n) is 14.6. The molecule has 4 N–H and O–H groups in total. The summed E-state index contributed by atoms with van der Waals surface area (Å²) in [6, 6.07) is 7.38. The molecule has 3 unspecified atom stereocenters. The fraction of sp³-hybridized carbons (Fsp3) is 0.750. The molecule has 4 aliphatic carbocycles. The molecule has 1 aliphatic heterocycles. The highest BCUT2D eigenvalue weighted by molar-refractivity contribution is 5.44. The van der Waals surface area contributed by atoms with Gasteiger partial charge in [-0.15, -0.1) is 0 Å². The highest BCUT2D eigenvalue weighted by atomic mass is 19.4. The first kappa shape index (κ1) is 30.4. The molecular weight excluding hydrogens is 557 g/mol. The third kappa shape index (κ3) is 4.25. The molecule has 5 aliphatic rings. The minimum atomic E-state index is -5.88. The minimum absolute atomic E-state index is 0.0582. The smallest absolute Gasteiger partial charge is 0.385 e. The molecule has 6 rings (SSSR count). The van der Waals surface area contributed by atoms with Gasteiger partial charge in [0, 0.05) is 36.1 Å². The molecule has 1 aromatic carbocycles. The predicted molar refractivity (Wildman–Crippen MR) is 145 cm³/mol. The molecule has 3 saturated carbocycles. The van der Waals surface area contributed by atoms with Crippen LogP contribution >= 0.6 is 0 Å². The van der Waals surface area contributed by atoms with E-state index in [1.165, 1.54) is 6.92 Å². The average Bonchev–Trinajstić information content (AvgIpc) is 3.20. The molecule has 0 aromatic heterocycles. The van der Waals surface area contributed by atoms with Crippen molar-refractivity contribution in [1.29, 1.82) is 0 Å². The van der Waals surface area contributed by atoms with E-state index in [0.29, 0.717) is 45.4 Å². The second kappa shape index (κ2) is 9.46. The SMILES string of the molecule is CC1(C)COC2(CCC3=C4C(CCC3(O)C2)C2CC[C@@](O)(C(F)(F)C(F)(F)F)[C@@]2(C)C[C@@H]4c2ccc(CN)cc2)OC1. The van der Waals surface area contributed by atoms with Gasteiger partial charge < -0.3 is 25.4 Å². The summed E-state index contributed by atoms with van der Waals surface area (Å²) < 4.78 is 84.3. The molecule has 6 atom stereocenters. The highest BCUT2D eigenvalue weighted by Gasteiger charge is 2.79. The Bertz CT molecular complexity index is 1250. The van der Waals surface area contributed by atoms with Gasteiger partial charge in [0.25, 0.3) is 0 Å². The zero-order chi connectivity index (χ0) is 30.6. The van der Waals surface area contributed by atoms with E-state index in [9.17, 15) is 23.4 Å². The standard InChI is InChI=1S/C32H42F5NO4/c1-26(2)17-41-29(42-18-26)12-9-24-25-21(8-11-28(24,39)16-29)23-10-13-30(40,31(33,34)32(35,36)37)27(23,3)14-22(25)20-6-4-19(15-38)5-7-20/h4-7,21-23,39-40H,8-18,38H2,1-3H3/t21?,22-,23?,27+,28?,30+/m1/s1. The van der Waals surface area contributed by atoms with Crippen molar-refractivity contribution in [3.05, 3.63) is 46.5 Å². The number of ether oxygens (including phenoxy) is 2. The Balaban J connectivity index is 1.45. The van der Waals surface area contributed by atoms with Crippen molar-refractivity contribution in [2.45, 2.75) is 114 Å². The van der Waals surface area contributed by atoms with Crippen molar-refractivity contribution in [1.82, 2.24) is 0 Å². The Morgan fingerprint density at radius 3 is 2.17 bits per heavy atom. The summed E-state index contributed by atoms with van der Waals surface area (Å²) in [5, 5.41) is 23.7. The molecule has 1 spiro atoms. The molecule has 42 heavy (non-hydrogen) atoms. The number of hydrogen-bond acceptors (Lipinski definition) is 5. The summed E-state index contributed by atoms with van der Waals surface area (Å²) in [7, 11) is 0. The third-order valence-corrected chi connectivity index (χ3v) is 11.5. The molecule has 1 aromatic rings. The number of nitrogens with two attached hydrogens (primary N) is 1. The van der Waals surface area contributed by atoms with Crippen LogP contribution < -0.4 is 5.73 Å².